The molecule has 7 rings (SSSR count). The van der Waals surface area contributed by atoms with Gasteiger partial charge >= 0.3 is 0 Å². The van der Waals surface area contributed by atoms with Crippen LogP contribution in [0.3, 0.4) is 0 Å². The second kappa shape index (κ2) is 7.30. The predicted octanol–water partition coefficient (Wildman–Crippen LogP) is 5.11. The summed E-state index contributed by atoms with van der Waals surface area (Å²) >= 11 is 0. The fourth-order valence-electron chi connectivity index (χ4n) is 11.4. The molecule has 0 aromatic heterocycles. The summed E-state index contributed by atoms with van der Waals surface area (Å²) in [5.74, 6) is 2.56. The Balaban J connectivity index is 1.20. The van der Waals surface area contributed by atoms with Crippen LogP contribution in [-0.4, -0.2) is 34.4 Å². The number of nitrogens with one attached hydrogen (secondary N) is 1. The highest BCUT2D eigenvalue weighted by Crippen LogP contribution is 2.90. The number of fused-ring (bicyclic) bond motifs is 4. The van der Waals surface area contributed by atoms with Gasteiger partial charge in [-0.25, -0.2) is 0 Å². The summed E-state index contributed by atoms with van der Waals surface area (Å²) in [6.07, 6.45) is 12.1. The molecule has 1 amide bonds. The van der Waals surface area contributed by atoms with E-state index in [-0.39, 0.29) is 51.5 Å². The Hall–Kier alpha value is -0.650. The highest BCUT2D eigenvalue weighted by atomic mass is 16.5. The largest absolute Gasteiger partial charge is 0.393 e. The van der Waals surface area contributed by atoms with Gasteiger partial charge < -0.3 is 20.3 Å². The minimum Gasteiger partial charge on any atom is -0.393 e. The Bertz CT molecular complexity index is 962. The van der Waals surface area contributed by atoms with Gasteiger partial charge in [0.25, 0.3) is 5.91 Å². The molecule has 199 valence electrons. The Morgan fingerprint density at radius 2 is 1.78 bits per heavy atom. The van der Waals surface area contributed by atoms with Gasteiger partial charge in [0.05, 0.1) is 12.2 Å². The molecule has 1 saturated heterocycles. The third-order valence-electron chi connectivity index (χ3n) is 13.7. The Kier molecular flexibility index (Phi) is 4.95. The van der Waals surface area contributed by atoms with E-state index >= 15 is 0 Å². The molecular weight excluding hydrogens is 450 g/mol. The predicted molar refractivity (Wildman–Crippen MR) is 137 cm³/mol. The molecule has 2 spiro atoms. The van der Waals surface area contributed by atoms with Crippen molar-refractivity contribution in [3.63, 3.8) is 0 Å². The molecule has 36 heavy (non-hydrogen) atoms. The minimum absolute atomic E-state index is 0.0404. The number of aliphatic hydroxyl groups excluding tert-OH is 2. The minimum atomic E-state index is -0.662. The van der Waals surface area contributed by atoms with E-state index in [4.69, 9.17) is 4.74 Å². The molecule has 0 bridgehead atoms. The van der Waals surface area contributed by atoms with Gasteiger partial charge in [0.15, 0.2) is 6.10 Å². The van der Waals surface area contributed by atoms with Gasteiger partial charge in [-0.15, -0.1) is 0 Å². The molecule has 3 N–H and O–H groups in total. The normalized spacial score (nSPS) is 54.4. The van der Waals surface area contributed by atoms with Gasteiger partial charge in [0.2, 0.25) is 0 Å². The molecule has 0 aromatic rings. The van der Waals surface area contributed by atoms with Crippen LogP contribution in [0.4, 0.5) is 0 Å². The smallest absolute Gasteiger partial charge is 0.256 e. The van der Waals surface area contributed by atoms with Crippen LogP contribution in [0, 0.1) is 63.0 Å². The quantitative estimate of drug-likeness (QED) is 0.496. The molecule has 6 saturated carbocycles. The number of carbonyl (C=O) groups excluding carboxylic acids is 1. The van der Waals surface area contributed by atoms with E-state index in [0.29, 0.717) is 23.9 Å². The summed E-state index contributed by atoms with van der Waals surface area (Å²) in [6, 6.07) is 0.285. The maximum Gasteiger partial charge on any atom is 0.256 e. The van der Waals surface area contributed by atoms with Crippen LogP contribution in [0.2, 0.25) is 0 Å². The summed E-state index contributed by atoms with van der Waals surface area (Å²) < 4.78 is 6.45. The maximum absolute atomic E-state index is 13.1. The summed E-state index contributed by atoms with van der Waals surface area (Å²) in [7, 11) is 0. The number of aliphatic hydroxyl groups is 2. The summed E-state index contributed by atoms with van der Waals surface area (Å²) in [6.45, 7) is 11.6. The van der Waals surface area contributed by atoms with E-state index in [9.17, 15) is 15.0 Å². The van der Waals surface area contributed by atoms with E-state index < -0.39 is 6.10 Å². The molecule has 9 atom stereocenters. The van der Waals surface area contributed by atoms with Crippen molar-refractivity contribution in [1.29, 1.82) is 0 Å². The third-order valence-corrected chi connectivity index (χ3v) is 13.7. The van der Waals surface area contributed by atoms with Gasteiger partial charge in [-0.2, -0.15) is 0 Å². The monoisotopic (exact) mass is 496 g/mol. The summed E-state index contributed by atoms with van der Waals surface area (Å²) in [5, 5.41) is 26.2. The number of hydrogen-bond donors (Lipinski definition) is 3. The van der Waals surface area contributed by atoms with Crippen LogP contribution in [0.25, 0.3) is 0 Å². The van der Waals surface area contributed by atoms with Crippen LogP contribution in [-0.2, 0) is 9.53 Å². The van der Waals surface area contributed by atoms with Gasteiger partial charge in [0, 0.05) is 17.4 Å². The first kappa shape index (κ1) is 24.4. The molecule has 3 radical (unpaired) electrons. The van der Waals surface area contributed by atoms with E-state index in [2.05, 4.69) is 39.9 Å². The van der Waals surface area contributed by atoms with Crippen LogP contribution in [0.1, 0.15) is 105 Å². The zero-order chi connectivity index (χ0) is 25.5. The molecule has 1 aliphatic heterocycles. The van der Waals surface area contributed by atoms with Crippen molar-refractivity contribution in [3.8, 4) is 0 Å². The van der Waals surface area contributed by atoms with Crippen molar-refractivity contribution in [2.24, 2.45) is 44.8 Å². The average molecular weight is 497 g/mol. The topological polar surface area (TPSA) is 78.8 Å². The fourth-order valence-corrected chi connectivity index (χ4v) is 11.4. The first-order valence-corrected chi connectivity index (χ1v) is 14.9. The van der Waals surface area contributed by atoms with Crippen LogP contribution < -0.4 is 5.32 Å². The molecule has 1 unspecified atom stereocenters. The number of carbonyl (C=O) groups is 1. The molecule has 6 aliphatic carbocycles. The number of hydrogen-bond acceptors (Lipinski definition) is 4. The fraction of sp³-hybridized carbons (Fsp3) is 0.871. The van der Waals surface area contributed by atoms with Gasteiger partial charge in [-0.05, 0) is 110 Å². The summed E-state index contributed by atoms with van der Waals surface area (Å²) in [4.78, 5) is 13.1. The molecule has 5 heteroatoms. The first-order chi connectivity index (χ1) is 16.9. The second-order valence-electron chi connectivity index (χ2n) is 15.1. The molecule has 0 aromatic carbocycles. The maximum atomic E-state index is 13.1. The number of amides is 1. The van der Waals surface area contributed by atoms with Crippen molar-refractivity contribution >= 4 is 5.91 Å². The Morgan fingerprint density at radius 1 is 1.03 bits per heavy atom. The van der Waals surface area contributed by atoms with Gasteiger partial charge in [-0.1, -0.05) is 34.6 Å². The van der Waals surface area contributed by atoms with Crippen molar-refractivity contribution in [1.82, 2.24) is 5.32 Å². The summed E-state index contributed by atoms with van der Waals surface area (Å²) in [5.41, 5.74) is 0.0968. The SMILES string of the molecule is C[C@@H]1C[C](C(=O)NC2CCC2)O[C]2[C@H]1[C@@]1(C)CC[C@@]34C[C@@]35CCC(O)C(C)(C)[C@@H]5CC[C]4[C@]1(C)[C@H]2O. The standard InChI is InChI=1S/C31H46NO4/c1-17-15-19(26(35)32-18-7-6-8-18)36-24-23(17)28(4)13-14-31-16-30(31)12-11-22(33)27(2,3)20(30)9-10-21(31)29(28,5)25(24)34/h17-18,20,22-23,25,33-34H,6-16H2,1-5H3,(H,32,35)/t17-,20+,22?,23+,25+,28-,29-,30-,31+/m1/s1. The van der Waals surface area contributed by atoms with Crippen molar-refractivity contribution in [2.45, 2.75) is 123 Å². The van der Waals surface area contributed by atoms with Gasteiger partial charge in [0.1, 0.15) is 6.10 Å². The zero-order valence-electron chi connectivity index (χ0n) is 23.0. The highest BCUT2D eigenvalue weighted by Gasteiger charge is 2.85. The number of rotatable bonds is 2. The second-order valence-corrected chi connectivity index (χ2v) is 15.1. The number of ether oxygens (including phenoxy) is 1. The zero-order valence-corrected chi connectivity index (χ0v) is 23.0. The van der Waals surface area contributed by atoms with Crippen molar-refractivity contribution < 1.29 is 19.7 Å². The molecule has 7 aliphatic rings. The lowest BCUT2D eigenvalue weighted by atomic mass is 9.41. The first-order valence-electron chi connectivity index (χ1n) is 14.9. The average Bonchev–Trinajstić information content (AvgIpc) is 3.44. The van der Waals surface area contributed by atoms with E-state index in [1.54, 1.807) is 5.92 Å². The third kappa shape index (κ3) is 2.62. The van der Waals surface area contributed by atoms with Crippen molar-refractivity contribution in [2.75, 3.05) is 0 Å². The van der Waals surface area contributed by atoms with E-state index in [1.165, 1.54) is 19.3 Å². The lowest BCUT2D eigenvalue weighted by molar-refractivity contribution is -0.131. The Morgan fingerprint density at radius 3 is 2.47 bits per heavy atom. The van der Waals surface area contributed by atoms with E-state index in [1.807, 2.05) is 0 Å². The highest BCUT2D eigenvalue weighted by molar-refractivity contribution is 5.88. The molecule has 7 fully saturated rings. The van der Waals surface area contributed by atoms with Gasteiger partial charge in [-0.3, -0.25) is 4.79 Å². The molecule has 1 heterocycles. The molecule has 5 nitrogen and oxygen atoms in total. The Labute approximate surface area is 217 Å². The molecular formula is C31H46NO4. The van der Waals surface area contributed by atoms with E-state index in [0.717, 1.165) is 51.0 Å². The van der Waals surface area contributed by atoms with Crippen LogP contribution in [0.5, 0.6) is 0 Å². The lowest BCUT2D eigenvalue weighted by Gasteiger charge is -2.63. The van der Waals surface area contributed by atoms with Crippen molar-refractivity contribution in [3.05, 3.63) is 18.1 Å². The lowest BCUT2D eigenvalue weighted by Crippen LogP contribution is -2.58. The van der Waals surface area contributed by atoms with Crippen LogP contribution in [0.15, 0.2) is 0 Å². The van der Waals surface area contributed by atoms with Crippen LogP contribution >= 0.6 is 0 Å².